The van der Waals surface area contributed by atoms with Gasteiger partial charge in [-0.25, -0.2) is 0 Å². The molecule has 0 amide bonds. The second-order valence-electron chi connectivity index (χ2n) is 6.38. The molecule has 0 N–H and O–H groups in total. The third-order valence-corrected chi connectivity index (χ3v) is 5.63. The van der Waals surface area contributed by atoms with Gasteiger partial charge >= 0.3 is 6.18 Å². The van der Waals surface area contributed by atoms with Crippen LogP contribution >= 0.6 is 22.6 Å². The van der Waals surface area contributed by atoms with Crippen molar-refractivity contribution in [2.24, 2.45) is 0 Å². The van der Waals surface area contributed by atoms with E-state index in [-0.39, 0.29) is 3.57 Å². The standard InChI is InChI=1S/C22H15F3IN/c23-22(24,25)19-14-27(13-15-6-2-1-3-7-15)21(20(19)26)18-11-10-16-8-4-5-9-17(16)12-18/h1-12,14H,13H2. The minimum atomic E-state index is -4.38. The molecule has 0 saturated carbocycles. The Kier molecular flexibility index (Phi) is 4.72. The topological polar surface area (TPSA) is 4.93 Å². The van der Waals surface area contributed by atoms with E-state index in [9.17, 15) is 13.2 Å². The molecule has 1 aromatic heterocycles. The zero-order valence-electron chi connectivity index (χ0n) is 14.2. The number of aromatic nitrogens is 1. The Labute approximate surface area is 168 Å². The van der Waals surface area contributed by atoms with Crippen LogP contribution in [0.1, 0.15) is 11.1 Å². The van der Waals surface area contributed by atoms with Crippen molar-refractivity contribution in [2.45, 2.75) is 12.7 Å². The van der Waals surface area contributed by atoms with Crippen LogP contribution in [0.25, 0.3) is 22.0 Å². The van der Waals surface area contributed by atoms with E-state index in [1.807, 2.05) is 95.4 Å². The minimum absolute atomic E-state index is 0.228. The summed E-state index contributed by atoms with van der Waals surface area (Å²) in [5.41, 5.74) is 1.74. The van der Waals surface area contributed by atoms with Crippen LogP contribution < -0.4 is 0 Å². The van der Waals surface area contributed by atoms with E-state index in [4.69, 9.17) is 0 Å². The molecular weight excluding hydrogens is 462 g/mol. The number of hydrogen-bond donors (Lipinski definition) is 0. The SMILES string of the molecule is FC(F)(F)c1cn(Cc2ccccc2)c(-c2ccc3ccccc3c2)c1I. The van der Waals surface area contributed by atoms with E-state index >= 15 is 0 Å². The molecule has 5 heteroatoms. The summed E-state index contributed by atoms with van der Waals surface area (Å²) in [4.78, 5) is 0. The molecule has 0 bridgehead atoms. The van der Waals surface area contributed by atoms with Gasteiger partial charge in [-0.1, -0.05) is 66.7 Å². The largest absolute Gasteiger partial charge is 0.418 e. The molecule has 0 aliphatic carbocycles. The normalized spacial score (nSPS) is 11.9. The van der Waals surface area contributed by atoms with Crippen molar-refractivity contribution in [2.75, 3.05) is 0 Å². The minimum Gasteiger partial charge on any atom is -0.342 e. The molecule has 0 saturated heterocycles. The highest BCUT2D eigenvalue weighted by Crippen LogP contribution is 2.40. The van der Waals surface area contributed by atoms with Crippen LogP contribution in [0.3, 0.4) is 0 Å². The highest BCUT2D eigenvalue weighted by atomic mass is 127. The lowest BCUT2D eigenvalue weighted by Gasteiger charge is -2.11. The zero-order chi connectivity index (χ0) is 19.0. The van der Waals surface area contributed by atoms with E-state index in [0.717, 1.165) is 21.9 Å². The number of rotatable bonds is 3. The number of benzene rings is 3. The van der Waals surface area contributed by atoms with Gasteiger partial charge in [0.05, 0.1) is 14.8 Å². The second kappa shape index (κ2) is 7.03. The molecule has 0 aliphatic rings. The first kappa shape index (κ1) is 18.1. The molecule has 0 fully saturated rings. The second-order valence-corrected chi connectivity index (χ2v) is 7.46. The van der Waals surface area contributed by atoms with Crippen molar-refractivity contribution in [1.82, 2.24) is 4.57 Å². The van der Waals surface area contributed by atoms with Gasteiger partial charge < -0.3 is 4.57 Å². The van der Waals surface area contributed by atoms with Crippen LogP contribution in [-0.4, -0.2) is 4.57 Å². The summed E-state index contributed by atoms with van der Waals surface area (Å²) in [7, 11) is 0. The molecule has 136 valence electrons. The third kappa shape index (κ3) is 3.60. The van der Waals surface area contributed by atoms with E-state index in [0.29, 0.717) is 12.2 Å². The molecule has 0 radical (unpaired) electrons. The number of hydrogen-bond acceptors (Lipinski definition) is 0. The first-order chi connectivity index (χ1) is 12.9. The van der Waals surface area contributed by atoms with Crippen molar-refractivity contribution < 1.29 is 13.2 Å². The Morgan fingerprint density at radius 2 is 1.48 bits per heavy atom. The molecule has 0 atom stereocenters. The maximum atomic E-state index is 13.5. The quantitative estimate of drug-likeness (QED) is 0.281. The molecule has 4 rings (SSSR count). The number of nitrogens with zero attached hydrogens (tertiary/aromatic N) is 1. The molecular formula is C22H15F3IN. The maximum absolute atomic E-state index is 13.5. The van der Waals surface area contributed by atoms with Crippen molar-refractivity contribution in [3.05, 3.63) is 93.7 Å². The average molecular weight is 477 g/mol. The summed E-state index contributed by atoms with van der Waals surface area (Å²) in [5.74, 6) is 0. The van der Waals surface area contributed by atoms with Gasteiger partial charge in [-0.15, -0.1) is 0 Å². The first-order valence-electron chi connectivity index (χ1n) is 8.42. The highest BCUT2D eigenvalue weighted by Gasteiger charge is 2.36. The Balaban J connectivity index is 1.89. The van der Waals surface area contributed by atoms with E-state index < -0.39 is 11.7 Å². The molecule has 4 aromatic rings. The van der Waals surface area contributed by atoms with Crippen molar-refractivity contribution in [3.8, 4) is 11.3 Å². The summed E-state index contributed by atoms with van der Waals surface area (Å²) in [6, 6.07) is 23.2. The van der Waals surface area contributed by atoms with Crippen LogP contribution in [0.15, 0.2) is 79.0 Å². The first-order valence-corrected chi connectivity index (χ1v) is 9.50. The van der Waals surface area contributed by atoms with E-state index in [1.54, 1.807) is 4.57 Å². The van der Waals surface area contributed by atoms with Crippen LogP contribution in [-0.2, 0) is 12.7 Å². The van der Waals surface area contributed by atoms with Gasteiger partial charge in [0.2, 0.25) is 0 Å². The van der Waals surface area contributed by atoms with Gasteiger partial charge in [-0.2, -0.15) is 13.2 Å². The molecule has 27 heavy (non-hydrogen) atoms. The number of fused-ring (bicyclic) bond motifs is 1. The van der Waals surface area contributed by atoms with Gasteiger partial charge in [-0.3, -0.25) is 0 Å². The number of halogens is 4. The van der Waals surface area contributed by atoms with Gasteiger partial charge in [0.1, 0.15) is 0 Å². The predicted octanol–water partition coefficient (Wildman–Crippen LogP) is 6.98. The van der Waals surface area contributed by atoms with Crippen molar-refractivity contribution in [3.63, 3.8) is 0 Å². The molecule has 0 unspecified atom stereocenters. The highest BCUT2D eigenvalue weighted by molar-refractivity contribution is 14.1. The van der Waals surface area contributed by atoms with Gasteiger partial charge in [0.15, 0.2) is 0 Å². The van der Waals surface area contributed by atoms with Gasteiger partial charge in [0.25, 0.3) is 0 Å². The Hall–Kier alpha value is -2.28. The lowest BCUT2D eigenvalue weighted by atomic mass is 10.0. The van der Waals surface area contributed by atoms with Crippen molar-refractivity contribution in [1.29, 1.82) is 0 Å². The number of alkyl halides is 3. The maximum Gasteiger partial charge on any atom is 0.418 e. The lowest BCUT2D eigenvalue weighted by Crippen LogP contribution is -2.05. The van der Waals surface area contributed by atoms with Gasteiger partial charge in [0, 0.05) is 12.7 Å². The summed E-state index contributed by atoms with van der Waals surface area (Å²) >= 11 is 1.82. The Bertz CT molecular complexity index is 1100. The third-order valence-electron chi connectivity index (χ3n) is 4.54. The Morgan fingerprint density at radius 3 is 2.19 bits per heavy atom. The van der Waals surface area contributed by atoms with Crippen LogP contribution in [0.4, 0.5) is 13.2 Å². The summed E-state index contributed by atoms with van der Waals surface area (Å²) in [5, 5.41) is 2.07. The summed E-state index contributed by atoms with van der Waals surface area (Å²) in [6.45, 7) is 0.384. The summed E-state index contributed by atoms with van der Waals surface area (Å²) in [6.07, 6.45) is -3.16. The van der Waals surface area contributed by atoms with Gasteiger partial charge in [-0.05, 0) is 50.6 Å². The van der Waals surface area contributed by atoms with Crippen LogP contribution in [0, 0.1) is 3.57 Å². The predicted molar refractivity (Wildman–Crippen MR) is 111 cm³/mol. The molecule has 1 nitrogen and oxygen atoms in total. The molecule has 1 heterocycles. The molecule has 0 aliphatic heterocycles. The van der Waals surface area contributed by atoms with E-state index in [2.05, 4.69) is 0 Å². The molecule has 3 aromatic carbocycles. The Morgan fingerprint density at radius 1 is 0.815 bits per heavy atom. The van der Waals surface area contributed by atoms with Crippen LogP contribution in [0.2, 0.25) is 0 Å². The molecule has 0 spiro atoms. The fourth-order valence-electron chi connectivity index (χ4n) is 3.26. The lowest BCUT2D eigenvalue weighted by molar-refractivity contribution is -0.138. The average Bonchev–Trinajstić information content (AvgIpc) is 2.98. The zero-order valence-corrected chi connectivity index (χ0v) is 16.3. The smallest absolute Gasteiger partial charge is 0.342 e. The van der Waals surface area contributed by atoms with E-state index in [1.165, 1.54) is 6.20 Å². The van der Waals surface area contributed by atoms with Crippen LogP contribution in [0.5, 0.6) is 0 Å². The van der Waals surface area contributed by atoms with Crippen molar-refractivity contribution >= 4 is 33.4 Å². The monoisotopic (exact) mass is 477 g/mol. The fourth-order valence-corrected chi connectivity index (χ4v) is 4.33. The summed E-state index contributed by atoms with van der Waals surface area (Å²) < 4.78 is 42.5. The fraction of sp³-hybridized carbons (Fsp3) is 0.0909.